The van der Waals surface area contributed by atoms with Crippen molar-refractivity contribution in [1.82, 2.24) is 0 Å². The third kappa shape index (κ3) is 5.74. The summed E-state index contributed by atoms with van der Waals surface area (Å²) in [6.07, 6.45) is 5.13. The van der Waals surface area contributed by atoms with Gasteiger partial charge in [-0.25, -0.2) is 4.79 Å². The number of hydrogen-bond acceptors (Lipinski definition) is 3. The zero-order chi connectivity index (χ0) is 12.4. The molecule has 0 saturated heterocycles. The fraction of sp³-hybridized carbons (Fsp3) is 0.692. The van der Waals surface area contributed by atoms with Crippen LogP contribution in [0.4, 0.5) is 0 Å². The second-order valence-corrected chi connectivity index (χ2v) is 3.79. The van der Waals surface area contributed by atoms with Gasteiger partial charge in [-0.3, -0.25) is 0 Å². The molecule has 0 amide bonds. The van der Waals surface area contributed by atoms with Gasteiger partial charge >= 0.3 is 5.97 Å². The quantitative estimate of drug-likeness (QED) is 0.393. The highest BCUT2D eigenvalue weighted by molar-refractivity contribution is 5.77. The monoisotopic (exact) mass is 226 g/mol. The molecule has 3 nitrogen and oxygen atoms in total. The Morgan fingerprint density at radius 2 is 2.00 bits per heavy atom. The summed E-state index contributed by atoms with van der Waals surface area (Å²) in [5.74, 6) is -0.639. The lowest BCUT2D eigenvalue weighted by Gasteiger charge is -2.10. The van der Waals surface area contributed by atoms with Crippen LogP contribution in [0.2, 0.25) is 0 Å². The molecule has 1 atom stereocenters. The highest BCUT2D eigenvalue weighted by atomic mass is 16.5. The molecular weight excluding hydrogens is 204 g/mol. The largest absolute Gasteiger partial charge is 0.467 e. The van der Waals surface area contributed by atoms with Crippen LogP contribution < -0.4 is 0 Å². The maximum absolute atomic E-state index is 11.1. The maximum Gasteiger partial charge on any atom is 0.339 e. The molecule has 0 fully saturated rings. The minimum atomic E-state index is -1.20. The smallest absolute Gasteiger partial charge is 0.339 e. The molecule has 0 aromatic heterocycles. The topological polar surface area (TPSA) is 46.5 Å². The summed E-state index contributed by atoms with van der Waals surface area (Å²) in [5.41, 5.74) is 3.15. The maximum atomic E-state index is 11.1. The first-order valence-electron chi connectivity index (χ1n) is 5.82. The molecular formula is C13H22O3. The van der Waals surface area contributed by atoms with E-state index in [9.17, 15) is 9.90 Å². The number of esters is 1. The second kappa shape index (κ2) is 9.20. The van der Waals surface area contributed by atoms with Crippen LogP contribution in [0.25, 0.3) is 0 Å². The average Bonchev–Trinajstić information content (AvgIpc) is 2.32. The lowest BCUT2D eigenvalue weighted by atomic mass is 10.0. The Kier molecular flexibility index (Phi) is 8.59. The summed E-state index contributed by atoms with van der Waals surface area (Å²) in [7, 11) is 1.26. The van der Waals surface area contributed by atoms with Crippen molar-refractivity contribution in [2.45, 2.75) is 51.6 Å². The van der Waals surface area contributed by atoms with Crippen LogP contribution in [-0.2, 0) is 9.53 Å². The van der Waals surface area contributed by atoms with Crippen molar-refractivity contribution in [3.05, 3.63) is 17.9 Å². The normalized spacial score (nSPS) is 11.7. The molecule has 0 saturated carbocycles. The van der Waals surface area contributed by atoms with E-state index >= 15 is 0 Å². The predicted octanol–water partition coefficient (Wildman–Crippen LogP) is 2.59. The number of aliphatic hydroxyl groups excluding tert-OH is 1. The van der Waals surface area contributed by atoms with Crippen molar-refractivity contribution < 1.29 is 14.6 Å². The molecule has 0 bridgehead atoms. The molecule has 0 aliphatic carbocycles. The first kappa shape index (κ1) is 14.9. The number of methoxy groups -OCH3 is 1. The molecule has 0 spiro atoms. The molecule has 0 unspecified atom stereocenters. The van der Waals surface area contributed by atoms with Crippen molar-refractivity contribution >= 4 is 5.97 Å². The van der Waals surface area contributed by atoms with E-state index in [0.29, 0.717) is 12.0 Å². The van der Waals surface area contributed by atoms with Crippen LogP contribution in [0.3, 0.4) is 0 Å². The molecule has 0 rings (SSSR count). The van der Waals surface area contributed by atoms with Gasteiger partial charge in [0.05, 0.1) is 7.11 Å². The molecule has 0 aliphatic rings. The van der Waals surface area contributed by atoms with E-state index in [4.69, 9.17) is 0 Å². The minimum absolute atomic E-state index is 0.531. The number of unbranched alkanes of at least 4 members (excludes halogenated alkanes) is 4. The first-order valence-corrected chi connectivity index (χ1v) is 5.82. The molecule has 1 N–H and O–H groups in total. The van der Waals surface area contributed by atoms with Gasteiger partial charge in [-0.05, 0) is 12.8 Å². The van der Waals surface area contributed by atoms with Crippen molar-refractivity contribution in [2.75, 3.05) is 7.11 Å². The van der Waals surface area contributed by atoms with Crippen molar-refractivity contribution in [3.63, 3.8) is 0 Å². The fourth-order valence-electron chi connectivity index (χ4n) is 1.49. The molecule has 0 aromatic rings. The van der Waals surface area contributed by atoms with E-state index < -0.39 is 12.1 Å². The van der Waals surface area contributed by atoms with Gasteiger partial charge in [0.1, 0.15) is 0 Å². The van der Waals surface area contributed by atoms with Gasteiger partial charge in [-0.2, -0.15) is 0 Å². The summed E-state index contributed by atoms with van der Waals surface area (Å²) in [4.78, 5) is 11.1. The number of ether oxygens (including phenoxy) is 1. The lowest BCUT2D eigenvalue weighted by molar-refractivity contribution is -0.148. The Bertz CT molecular complexity index is 252. The average molecular weight is 226 g/mol. The number of aliphatic hydroxyl groups is 1. The van der Waals surface area contributed by atoms with Crippen LogP contribution in [0.5, 0.6) is 0 Å². The van der Waals surface area contributed by atoms with Gasteiger partial charge in [-0.15, -0.1) is 5.73 Å². The Balaban J connectivity index is 3.94. The van der Waals surface area contributed by atoms with E-state index in [2.05, 4.69) is 24.0 Å². The van der Waals surface area contributed by atoms with Crippen molar-refractivity contribution in [3.8, 4) is 0 Å². The number of hydrogen-bond donors (Lipinski definition) is 1. The molecule has 0 radical (unpaired) electrons. The van der Waals surface area contributed by atoms with Crippen LogP contribution in [-0.4, -0.2) is 24.3 Å². The third-order valence-corrected chi connectivity index (χ3v) is 2.53. The zero-order valence-corrected chi connectivity index (χ0v) is 10.3. The fourth-order valence-corrected chi connectivity index (χ4v) is 1.49. The Hall–Kier alpha value is -1.05. The van der Waals surface area contributed by atoms with Crippen LogP contribution in [0, 0.1) is 0 Å². The molecule has 16 heavy (non-hydrogen) atoms. The predicted molar refractivity (Wildman–Crippen MR) is 64.1 cm³/mol. The van der Waals surface area contributed by atoms with Crippen molar-refractivity contribution in [2.24, 2.45) is 0 Å². The molecule has 0 aliphatic heterocycles. The van der Waals surface area contributed by atoms with Gasteiger partial charge in [-0.1, -0.05) is 39.2 Å². The number of carbonyl (C=O) groups is 1. The summed E-state index contributed by atoms with van der Waals surface area (Å²) in [5, 5.41) is 9.57. The first-order chi connectivity index (χ1) is 7.67. The second-order valence-electron chi connectivity index (χ2n) is 3.79. The lowest BCUT2D eigenvalue weighted by Crippen LogP contribution is -2.23. The van der Waals surface area contributed by atoms with Gasteiger partial charge in [0.25, 0.3) is 0 Å². The standard InChI is InChI=1S/C13H22O3/c1-4-6-7-8-9-10-11(5-2)12(14)13(15)16-3/h12,14H,2,4,6-10H2,1,3H3/t12-/m1/s1. The van der Waals surface area contributed by atoms with Crippen LogP contribution in [0.1, 0.15) is 45.4 Å². The Morgan fingerprint density at radius 1 is 1.38 bits per heavy atom. The summed E-state index contributed by atoms with van der Waals surface area (Å²) in [6.45, 7) is 5.65. The number of rotatable bonds is 8. The Morgan fingerprint density at radius 3 is 2.50 bits per heavy atom. The SMILES string of the molecule is C=C=C(CCCCCCC)[C@@H](O)C(=O)OC. The zero-order valence-electron chi connectivity index (χ0n) is 10.3. The van der Waals surface area contributed by atoms with Crippen LogP contribution >= 0.6 is 0 Å². The van der Waals surface area contributed by atoms with Crippen LogP contribution in [0.15, 0.2) is 17.9 Å². The Labute approximate surface area is 97.8 Å². The van der Waals surface area contributed by atoms with Gasteiger partial charge in [0.15, 0.2) is 6.10 Å². The summed E-state index contributed by atoms with van der Waals surface area (Å²) >= 11 is 0. The molecule has 3 heteroatoms. The van der Waals surface area contributed by atoms with E-state index in [0.717, 1.165) is 12.8 Å². The van der Waals surface area contributed by atoms with E-state index in [1.807, 2.05) is 0 Å². The van der Waals surface area contributed by atoms with E-state index in [-0.39, 0.29) is 0 Å². The third-order valence-electron chi connectivity index (χ3n) is 2.53. The van der Waals surface area contributed by atoms with Gasteiger partial charge in [0.2, 0.25) is 0 Å². The van der Waals surface area contributed by atoms with Gasteiger partial charge < -0.3 is 9.84 Å². The minimum Gasteiger partial charge on any atom is -0.467 e. The van der Waals surface area contributed by atoms with E-state index in [1.165, 1.54) is 26.4 Å². The molecule has 92 valence electrons. The van der Waals surface area contributed by atoms with Crippen molar-refractivity contribution in [1.29, 1.82) is 0 Å². The summed E-state index contributed by atoms with van der Waals surface area (Å²) in [6, 6.07) is 0. The number of carbonyl (C=O) groups excluding carboxylic acids is 1. The molecule has 0 heterocycles. The highest BCUT2D eigenvalue weighted by Gasteiger charge is 2.19. The molecule has 0 aromatic carbocycles. The summed E-state index contributed by atoms with van der Waals surface area (Å²) < 4.78 is 4.46. The highest BCUT2D eigenvalue weighted by Crippen LogP contribution is 2.14. The van der Waals surface area contributed by atoms with E-state index in [1.54, 1.807) is 0 Å². The van der Waals surface area contributed by atoms with Gasteiger partial charge in [0, 0.05) is 5.57 Å².